The lowest BCUT2D eigenvalue weighted by molar-refractivity contribution is 0.295. The van der Waals surface area contributed by atoms with Crippen molar-refractivity contribution in [3.63, 3.8) is 0 Å². The minimum atomic E-state index is 0.520. The quantitative estimate of drug-likeness (QED) is 0.109. The summed E-state index contributed by atoms with van der Waals surface area (Å²) in [6.07, 6.45) is 19.1. The molecule has 6 nitrogen and oxygen atoms in total. The predicted octanol–water partition coefficient (Wildman–Crippen LogP) is 8.42. The fraction of sp³-hybridized carbons (Fsp3) is 0.320. The van der Waals surface area contributed by atoms with Gasteiger partial charge in [0.05, 0.1) is 75.0 Å². The predicted molar refractivity (Wildman–Crippen MR) is 224 cm³/mol. The molecule has 3 rings (SSSR count). The zero-order valence-electron chi connectivity index (χ0n) is 33.1. The highest BCUT2D eigenvalue weighted by Gasteiger charge is 2.12. The van der Waals surface area contributed by atoms with Gasteiger partial charge in [-0.3, -0.25) is 0 Å². The van der Waals surface area contributed by atoms with Crippen molar-refractivity contribution in [1.29, 1.82) is 0 Å². The van der Waals surface area contributed by atoms with E-state index in [-0.39, 0.29) is 0 Å². The van der Waals surface area contributed by atoms with Crippen LogP contribution in [0.1, 0.15) is 98.6 Å². The zero-order valence-corrected chi connectivity index (χ0v) is 33.1. The zero-order chi connectivity index (χ0) is 40.4. The summed E-state index contributed by atoms with van der Waals surface area (Å²) in [7, 11) is 6.23. The number of hydrogen-bond acceptors (Lipinski definition) is 6. The van der Waals surface area contributed by atoms with Gasteiger partial charge in [-0.05, 0) is 95.7 Å². The molecule has 282 valence electrons. The molecule has 6 heteroatoms. The van der Waals surface area contributed by atoms with E-state index in [2.05, 4.69) is 96.7 Å². The molecule has 0 radical (unpaired) electrons. The molecule has 0 bridgehead atoms. The molecular weight excluding hydrogens is 697 g/mol. The molecular formula is C50H46O6. The van der Waals surface area contributed by atoms with Gasteiger partial charge in [0.1, 0.15) is 34.5 Å². The highest BCUT2D eigenvalue weighted by atomic mass is 16.5. The molecule has 0 aliphatic rings. The summed E-state index contributed by atoms with van der Waals surface area (Å²) < 4.78 is 34.8. The molecule has 0 spiro atoms. The molecule has 0 saturated carbocycles. The number of hydrogen-bond donors (Lipinski definition) is 0. The maximum atomic E-state index is 6.31. The lowest BCUT2D eigenvalue weighted by atomic mass is 10.1. The van der Waals surface area contributed by atoms with Crippen molar-refractivity contribution in [2.75, 3.05) is 41.7 Å². The topological polar surface area (TPSA) is 55.4 Å². The average Bonchev–Trinajstić information content (AvgIpc) is 3.22. The first-order chi connectivity index (χ1) is 27.5. The van der Waals surface area contributed by atoms with Crippen LogP contribution in [0.15, 0.2) is 36.4 Å². The fourth-order valence-electron chi connectivity index (χ4n) is 5.20. The average molecular weight is 743 g/mol. The number of unbranched alkanes of at least 4 members (excludes halogenated alkanes) is 6. The number of rotatable bonds is 16. The van der Waals surface area contributed by atoms with Crippen molar-refractivity contribution in [2.24, 2.45) is 0 Å². The third-order valence-electron chi connectivity index (χ3n) is 8.09. The molecule has 0 N–H and O–H groups in total. The van der Waals surface area contributed by atoms with Crippen LogP contribution in [0.3, 0.4) is 0 Å². The van der Waals surface area contributed by atoms with E-state index in [9.17, 15) is 0 Å². The smallest absolute Gasteiger partial charge is 0.136 e. The Kier molecular flexibility index (Phi) is 19.4. The van der Waals surface area contributed by atoms with E-state index >= 15 is 0 Å². The molecule has 0 heterocycles. The van der Waals surface area contributed by atoms with Gasteiger partial charge in [0.2, 0.25) is 0 Å². The van der Waals surface area contributed by atoms with Crippen LogP contribution in [0.4, 0.5) is 0 Å². The number of benzene rings is 3. The lowest BCUT2D eigenvalue weighted by Gasteiger charge is -2.13. The van der Waals surface area contributed by atoms with Crippen molar-refractivity contribution >= 4 is 0 Å². The lowest BCUT2D eigenvalue weighted by Crippen LogP contribution is -2.03. The molecule has 0 aliphatic heterocycles. The van der Waals surface area contributed by atoms with Crippen LogP contribution in [0.5, 0.6) is 34.5 Å². The second-order valence-electron chi connectivity index (χ2n) is 12.0. The third-order valence-corrected chi connectivity index (χ3v) is 8.09. The minimum Gasteiger partial charge on any atom is -0.495 e. The Labute approximate surface area is 334 Å². The van der Waals surface area contributed by atoms with Gasteiger partial charge in [0.15, 0.2) is 0 Å². The van der Waals surface area contributed by atoms with Crippen LogP contribution in [0.25, 0.3) is 0 Å². The van der Waals surface area contributed by atoms with Crippen LogP contribution in [0.2, 0.25) is 0 Å². The van der Waals surface area contributed by atoms with Gasteiger partial charge in [-0.25, -0.2) is 0 Å². The Morgan fingerprint density at radius 1 is 0.375 bits per heavy atom. The molecule has 3 aromatic rings. The second kappa shape index (κ2) is 25.0. The first kappa shape index (κ1) is 43.3. The van der Waals surface area contributed by atoms with Crippen LogP contribution in [-0.2, 0) is 0 Å². The van der Waals surface area contributed by atoms with Gasteiger partial charge in [0.25, 0.3) is 0 Å². The molecule has 0 unspecified atom stereocenters. The molecule has 56 heavy (non-hydrogen) atoms. The van der Waals surface area contributed by atoms with E-state index < -0.39 is 0 Å². The fourth-order valence-corrected chi connectivity index (χ4v) is 5.20. The van der Waals surface area contributed by atoms with Crippen LogP contribution in [-0.4, -0.2) is 41.7 Å². The highest BCUT2D eigenvalue weighted by molar-refractivity contribution is 5.64. The third kappa shape index (κ3) is 13.7. The van der Waals surface area contributed by atoms with Gasteiger partial charge in [-0.2, -0.15) is 0 Å². The van der Waals surface area contributed by atoms with Crippen LogP contribution in [0, 0.1) is 95.7 Å². The van der Waals surface area contributed by atoms with E-state index in [0.717, 1.165) is 51.4 Å². The molecule has 0 aromatic heterocycles. The van der Waals surface area contributed by atoms with Gasteiger partial charge in [0, 0.05) is 36.4 Å². The Hall–Kier alpha value is -7.06. The van der Waals surface area contributed by atoms with E-state index in [0.29, 0.717) is 81.1 Å². The first-order valence-corrected chi connectivity index (χ1v) is 18.4. The summed E-state index contributed by atoms with van der Waals surface area (Å²) in [6, 6.07) is 10.7. The van der Waals surface area contributed by atoms with Gasteiger partial charge < -0.3 is 28.4 Å². The summed E-state index contributed by atoms with van der Waals surface area (Å²) in [5, 5.41) is 0. The van der Waals surface area contributed by atoms with Crippen molar-refractivity contribution in [2.45, 2.75) is 65.2 Å². The van der Waals surface area contributed by atoms with E-state index in [1.54, 1.807) is 52.7 Å². The van der Waals surface area contributed by atoms with Crippen LogP contribution < -0.4 is 28.4 Å². The Balaban J connectivity index is 2.09. The monoisotopic (exact) mass is 742 g/mol. The maximum Gasteiger partial charge on any atom is 0.136 e. The van der Waals surface area contributed by atoms with E-state index in [4.69, 9.17) is 41.3 Å². The van der Waals surface area contributed by atoms with Crippen LogP contribution >= 0.6 is 0 Å². The minimum absolute atomic E-state index is 0.520. The second-order valence-corrected chi connectivity index (χ2v) is 12.0. The summed E-state index contributed by atoms with van der Waals surface area (Å²) in [4.78, 5) is 0. The molecule has 0 fully saturated rings. The highest BCUT2D eigenvalue weighted by Crippen LogP contribution is 2.31. The van der Waals surface area contributed by atoms with Crippen molar-refractivity contribution in [1.82, 2.24) is 0 Å². The summed E-state index contributed by atoms with van der Waals surface area (Å²) in [5.74, 6) is 43.2. The van der Waals surface area contributed by atoms with Crippen molar-refractivity contribution < 1.29 is 28.4 Å². The molecule has 0 aliphatic carbocycles. The van der Waals surface area contributed by atoms with Crippen molar-refractivity contribution in [3.8, 4) is 130 Å². The Bertz CT molecular complexity index is 2130. The maximum absolute atomic E-state index is 6.31. The summed E-state index contributed by atoms with van der Waals surface area (Å²) in [5.41, 5.74) is 3.62. The van der Waals surface area contributed by atoms with Gasteiger partial charge in [-0.1, -0.05) is 52.4 Å². The normalized spacial score (nSPS) is 9.07. The first-order valence-electron chi connectivity index (χ1n) is 18.4. The summed E-state index contributed by atoms with van der Waals surface area (Å²) in [6.45, 7) is 5.41. The molecule has 3 aromatic carbocycles. The number of methoxy groups -OCH3 is 4. The molecule has 0 saturated heterocycles. The molecule has 0 atom stereocenters. The number of ether oxygens (including phenoxy) is 6. The van der Waals surface area contributed by atoms with E-state index in [1.165, 1.54) is 0 Å². The van der Waals surface area contributed by atoms with Gasteiger partial charge in [-0.15, -0.1) is 12.8 Å². The Morgan fingerprint density at radius 3 is 0.911 bits per heavy atom. The van der Waals surface area contributed by atoms with Crippen molar-refractivity contribution in [3.05, 3.63) is 69.8 Å². The number of terminal acetylenes is 2. The largest absolute Gasteiger partial charge is 0.495 e. The van der Waals surface area contributed by atoms with Gasteiger partial charge >= 0.3 is 0 Å². The molecule has 0 amide bonds. The Morgan fingerprint density at radius 2 is 0.643 bits per heavy atom. The SMILES string of the molecule is C#CC#Cc1cc(OC)c(C#CC#Cc2cc(OCCCCCC)c(C#CC#Cc3cc(OC)c(C#CC#C)cc3OC)cc2OCCCCCC)cc1OC. The van der Waals surface area contributed by atoms with E-state index in [1.807, 2.05) is 12.1 Å². The summed E-state index contributed by atoms with van der Waals surface area (Å²) >= 11 is 0. The standard InChI is InChI=1S/C50H46O6/c1-9-13-17-23-31-55-49-37-44(30-22-20-28-42-36-46(52-6)40(26-16-12-4)34-48(42)54-8)50(56-32-24-18-14-10-2)38-43(49)29-21-19-27-41-35-45(51-5)39(25-15-11-3)33-47(41)53-7/h3-4,33-38H,9-10,13-14,17-18,23-24,31-32H2,1-2,5-8H3.